The lowest BCUT2D eigenvalue weighted by Crippen LogP contribution is -2.50. The molecule has 110 valence electrons. The van der Waals surface area contributed by atoms with Gasteiger partial charge in [-0.15, -0.1) is 0 Å². The van der Waals surface area contributed by atoms with Crippen LogP contribution < -0.4 is 0 Å². The van der Waals surface area contributed by atoms with Crippen molar-refractivity contribution in [3.63, 3.8) is 0 Å². The molecular weight excluding hydrogens is 228 g/mol. The largest absolute Gasteiger partial charge is 0.0648 e. The van der Waals surface area contributed by atoms with Gasteiger partial charge in [0.2, 0.25) is 0 Å². The lowest BCUT2D eigenvalue weighted by atomic mass is 9.47. The van der Waals surface area contributed by atoms with Crippen molar-refractivity contribution < 1.29 is 0 Å². The minimum absolute atomic E-state index is 0.635. The Hall–Kier alpha value is 0. The van der Waals surface area contributed by atoms with Crippen LogP contribution in [0, 0.1) is 40.4 Å². The first kappa shape index (κ1) is 14.0. The van der Waals surface area contributed by atoms with Crippen molar-refractivity contribution in [1.82, 2.24) is 0 Å². The van der Waals surface area contributed by atoms with E-state index in [0.717, 1.165) is 29.6 Å². The van der Waals surface area contributed by atoms with Gasteiger partial charge in [-0.3, -0.25) is 0 Å². The first-order valence-corrected chi connectivity index (χ1v) is 8.93. The van der Waals surface area contributed by atoms with E-state index in [0.29, 0.717) is 10.8 Å². The summed E-state index contributed by atoms with van der Waals surface area (Å²) >= 11 is 0. The van der Waals surface area contributed by atoms with E-state index in [2.05, 4.69) is 34.6 Å². The molecule has 0 radical (unpaired) electrons. The predicted octanol–water partition coefficient (Wildman–Crippen LogP) is 5.91. The summed E-state index contributed by atoms with van der Waals surface area (Å²) in [6, 6.07) is 0. The average molecular weight is 262 g/mol. The van der Waals surface area contributed by atoms with Gasteiger partial charge >= 0.3 is 0 Å². The summed E-state index contributed by atoms with van der Waals surface area (Å²) < 4.78 is 0. The van der Waals surface area contributed by atoms with E-state index in [9.17, 15) is 0 Å². The highest BCUT2D eigenvalue weighted by molar-refractivity contribution is 5.06. The van der Waals surface area contributed by atoms with E-state index < -0.39 is 0 Å². The molecule has 3 aliphatic rings. The Labute approximate surface area is 120 Å². The second-order valence-electron chi connectivity index (χ2n) is 8.74. The van der Waals surface area contributed by atoms with E-state index >= 15 is 0 Å². The van der Waals surface area contributed by atoms with Gasteiger partial charge in [0.25, 0.3) is 0 Å². The van der Waals surface area contributed by atoms with Crippen molar-refractivity contribution >= 4 is 0 Å². The molecule has 3 saturated carbocycles. The molecule has 0 saturated heterocycles. The van der Waals surface area contributed by atoms with Crippen LogP contribution in [-0.4, -0.2) is 0 Å². The minimum Gasteiger partial charge on any atom is -0.0648 e. The molecule has 0 heteroatoms. The van der Waals surface area contributed by atoms with Crippen molar-refractivity contribution in [2.75, 3.05) is 0 Å². The van der Waals surface area contributed by atoms with Crippen molar-refractivity contribution in [1.29, 1.82) is 0 Å². The fourth-order valence-corrected chi connectivity index (χ4v) is 6.52. The molecule has 0 amide bonds. The van der Waals surface area contributed by atoms with Gasteiger partial charge in [-0.1, -0.05) is 41.0 Å². The lowest BCUT2D eigenvalue weighted by Gasteiger charge is -2.58. The van der Waals surface area contributed by atoms with Crippen LogP contribution in [0.15, 0.2) is 0 Å². The van der Waals surface area contributed by atoms with Gasteiger partial charge in [-0.25, -0.2) is 0 Å². The van der Waals surface area contributed by atoms with Gasteiger partial charge in [-0.05, 0) is 78.9 Å². The standard InChI is InChI=1S/C19H34/c1-6-18(4)13(2)7-9-15-16-10-8-14(3)19(16,5)12-11-17(15)18/h13-17H,6-12H2,1-5H3. The van der Waals surface area contributed by atoms with E-state index in [1.165, 1.54) is 44.9 Å². The molecule has 0 aliphatic heterocycles. The summed E-state index contributed by atoms with van der Waals surface area (Å²) in [4.78, 5) is 0. The normalized spacial score (nSPS) is 57.6. The predicted molar refractivity (Wildman–Crippen MR) is 83.0 cm³/mol. The summed E-state index contributed by atoms with van der Waals surface area (Å²) in [5.74, 6) is 5.07. The molecule has 0 bridgehead atoms. The number of fused-ring (bicyclic) bond motifs is 3. The first-order chi connectivity index (χ1) is 8.93. The summed E-state index contributed by atoms with van der Waals surface area (Å²) in [6.07, 6.45) is 10.5. The zero-order valence-corrected chi connectivity index (χ0v) is 13.8. The third-order valence-electron chi connectivity index (χ3n) is 8.58. The fourth-order valence-electron chi connectivity index (χ4n) is 6.52. The Morgan fingerprint density at radius 3 is 2.21 bits per heavy atom. The third kappa shape index (κ3) is 1.77. The molecule has 19 heavy (non-hydrogen) atoms. The van der Waals surface area contributed by atoms with Crippen LogP contribution in [0.5, 0.6) is 0 Å². The summed E-state index contributed by atoms with van der Waals surface area (Å²) in [5.41, 5.74) is 1.33. The zero-order valence-electron chi connectivity index (χ0n) is 13.8. The molecule has 7 unspecified atom stereocenters. The minimum atomic E-state index is 0.635. The quantitative estimate of drug-likeness (QED) is 0.551. The van der Waals surface area contributed by atoms with Crippen LogP contribution in [-0.2, 0) is 0 Å². The molecule has 3 fully saturated rings. The molecule has 0 aromatic heterocycles. The van der Waals surface area contributed by atoms with Crippen molar-refractivity contribution in [3.8, 4) is 0 Å². The van der Waals surface area contributed by atoms with E-state index in [4.69, 9.17) is 0 Å². The molecule has 7 atom stereocenters. The van der Waals surface area contributed by atoms with Crippen LogP contribution >= 0.6 is 0 Å². The Morgan fingerprint density at radius 2 is 1.53 bits per heavy atom. The van der Waals surface area contributed by atoms with Gasteiger partial charge in [-0.2, -0.15) is 0 Å². The van der Waals surface area contributed by atoms with Gasteiger partial charge in [0.15, 0.2) is 0 Å². The second-order valence-corrected chi connectivity index (χ2v) is 8.74. The van der Waals surface area contributed by atoms with Crippen LogP contribution in [0.3, 0.4) is 0 Å². The van der Waals surface area contributed by atoms with Crippen molar-refractivity contribution in [3.05, 3.63) is 0 Å². The maximum Gasteiger partial charge on any atom is -0.0269 e. The summed E-state index contributed by atoms with van der Waals surface area (Å²) in [7, 11) is 0. The van der Waals surface area contributed by atoms with Crippen LogP contribution in [0.4, 0.5) is 0 Å². The van der Waals surface area contributed by atoms with Crippen LogP contribution in [0.2, 0.25) is 0 Å². The summed E-state index contributed by atoms with van der Waals surface area (Å²) in [6.45, 7) is 12.8. The maximum absolute atomic E-state index is 2.63. The monoisotopic (exact) mass is 262 g/mol. The molecular formula is C19H34. The van der Waals surface area contributed by atoms with Crippen molar-refractivity contribution in [2.24, 2.45) is 40.4 Å². The number of hydrogen-bond acceptors (Lipinski definition) is 0. The van der Waals surface area contributed by atoms with Crippen molar-refractivity contribution in [2.45, 2.75) is 79.6 Å². The molecule has 3 aliphatic carbocycles. The molecule has 0 heterocycles. The number of rotatable bonds is 1. The Bertz CT molecular complexity index is 346. The highest BCUT2D eigenvalue weighted by Gasteiger charge is 2.57. The topological polar surface area (TPSA) is 0 Å². The van der Waals surface area contributed by atoms with E-state index in [1.54, 1.807) is 0 Å². The van der Waals surface area contributed by atoms with E-state index in [1.807, 2.05) is 0 Å². The highest BCUT2D eigenvalue weighted by Crippen LogP contribution is 2.65. The smallest absolute Gasteiger partial charge is 0.0269 e. The van der Waals surface area contributed by atoms with Gasteiger partial charge < -0.3 is 0 Å². The number of hydrogen-bond donors (Lipinski definition) is 0. The Balaban J connectivity index is 1.90. The zero-order chi connectivity index (χ0) is 13.8. The molecule has 0 aromatic rings. The first-order valence-electron chi connectivity index (χ1n) is 8.93. The molecule has 0 spiro atoms. The lowest BCUT2D eigenvalue weighted by molar-refractivity contribution is -0.0917. The fraction of sp³-hybridized carbons (Fsp3) is 1.00. The van der Waals surface area contributed by atoms with E-state index in [-0.39, 0.29) is 0 Å². The molecule has 0 N–H and O–H groups in total. The van der Waals surface area contributed by atoms with Crippen LogP contribution in [0.1, 0.15) is 79.6 Å². The SMILES string of the molecule is CCC1(C)C(C)CCC2C1CCC1(C)C(C)CCC21. The molecule has 3 rings (SSSR count). The van der Waals surface area contributed by atoms with Crippen LogP contribution in [0.25, 0.3) is 0 Å². The maximum atomic E-state index is 2.63. The highest BCUT2D eigenvalue weighted by atomic mass is 14.6. The van der Waals surface area contributed by atoms with Gasteiger partial charge in [0, 0.05) is 0 Å². The molecule has 0 nitrogen and oxygen atoms in total. The second kappa shape index (κ2) is 4.50. The Kier molecular flexibility index (Phi) is 3.31. The Morgan fingerprint density at radius 1 is 0.842 bits per heavy atom. The average Bonchev–Trinajstić information content (AvgIpc) is 2.70. The van der Waals surface area contributed by atoms with Gasteiger partial charge in [0.1, 0.15) is 0 Å². The molecule has 0 aromatic carbocycles. The summed E-state index contributed by atoms with van der Waals surface area (Å²) in [5, 5.41) is 0. The third-order valence-corrected chi connectivity index (χ3v) is 8.58. The van der Waals surface area contributed by atoms with Gasteiger partial charge in [0.05, 0.1) is 0 Å².